The summed E-state index contributed by atoms with van der Waals surface area (Å²) in [6.07, 6.45) is -4.20. The van der Waals surface area contributed by atoms with Crippen molar-refractivity contribution in [3.05, 3.63) is 63.9 Å². The Kier molecular flexibility index (Phi) is 5.96. The van der Waals surface area contributed by atoms with Gasteiger partial charge in [0.2, 0.25) is 11.8 Å². The van der Waals surface area contributed by atoms with Crippen LogP contribution in [-0.2, 0) is 16.1 Å². The lowest BCUT2D eigenvalue weighted by molar-refractivity contribution is -0.150. The molecule has 0 aliphatic carbocycles. The molecule has 1 saturated heterocycles. The molecule has 2 aliphatic heterocycles. The number of nitrogens with zero attached hydrogens (tertiary/aromatic N) is 2. The third kappa shape index (κ3) is 4.47. The van der Waals surface area contributed by atoms with Crippen LogP contribution >= 0.6 is 11.6 Å². The molecule has 0 unspecified atom stereocenters. The first-order valence-corrected chi connectivity index (χ1v) is 10.4. The van der Waals surface area contributed by atoms with Gasteiger partial charge in [-0.1, -0.05) is 17.7 Å². The lowest BCUT2D eigenvalue weighted by atomic mass is 9.93. The molecule has 1 aromatic carbocycles. The molecule has 0 bridgehead atoms. The summed E-state index contributed by atoms with van der Waals surface area (Å²) < 4.78 is 41.1. The van der Waals surface area contributed by atoms with Crippen LogP contribution < -0.4 is 5.32 Å². The number of rotatable bonds is 5. The number of nitrogens with one attached hydrogen (secondary N) is 1. The fourth-order valence-corrected chi connectivity index (χ4v) is 4.33. The van der Waals surface area contributed by atoms with Gasteiger partial charge in [-0.15, -0.1) is 0 Å². The Morgan fingerprint density at radius 1 is 1.24 bits per heavy atom. The van der Waals surface area contributed by atoms with Crippen molar-refractivity contribution in [2.45, 2.75) is 43.9 Å². The molecular weight excluding hydrogens is 463 g/mol. The summed E-state index contributed by atoms with van der Waals surface area (Å²) in [5, 5.41) is 2.00. The Bertz CT molecular complexity index is 1170. The molecule has 2 aliphatic rings. The zero-order chi connectivity index (χ0) is 23.9. The Labute approximate surface area is 190 Å². The summed E-state index contributed by atoms with van der Waals surface area (Å²) in [4.78, 5) is 54.0. The van der Waals surface area contributed by atoms with E-state index in [1.165, 1.54) is 41.4 Å². The number of halogens is 4. The lowest BCUT2D eigenvalue weighted by Gasteiger charge is -2.29. The molecule has 1 N–H and O–H groups in total. The molecule has 33 heavy (non-hydrogen) atoms. The predicted molar refractivity (Wildman–Crippen MR) is 109 cm³/mol. The minimum Gasteiger partial charge on any atom is -0.322 e. The van der Waals surface area contributed by atoms with E-state index in [2.05, 4.69) is 10.3 Å². The van der Waals surface area contributed by atoms with Crippen molar-refractivity contribution in [2.75, 3.05) is 0 Å². The average molecular weight is 480 g/mol. The molecule has 2 aromatic rings. The molecule has 2 atom stereocenters. The number of hydrogen-bond acceptors (Lipinski definition) is 5. The molecule has 3 heterocycles. The number of hydrogen-bond donors (Lipinski definition) is 1. The Balaban J connectivity index is 1.56. The minimum absolute atomic E-state index is 0.00739. The molecule has 7 nitrogen and oxygen atoms in total. The van der Waals surface area contributed by atoms with Crippen molar-refractivity contribution < 1.29 is 32.3 Å². The summed E-state index contributed by atoms with van der Waals surface area (Å²) in [6.45, 7) is 0.0103. The van der Waals surface area contributed by atoms with Gasteiger partial charge < -0.3 is 4.90 Å². The third-order valence-electron chi connectivity index (χ3n) is 5.75. The molecule has 0 spiro atoms. The van der Waals surface area contributed by atoms with Crippen molar-refractivity contribution in [1.82, 2.24) is 15.2 Å². The fourth-order valence-electron chi connectivity index (χ4n) is 4.07. The van der Waals surface area contributed by atoms with Crippen molar-refractivity contribution in [3.63, 3.8) is 0 Å². The highest BCUT2D eigenvalue weighted by Crippen LogP contribution is 2.40. The first-order valence-electron chi connectivity index (χ1n) is 10.0. The molecule has 11 heteroatoms. The van der Waals surface area contributed by atoms with E-state index in [0.29, 0.717) is 5.56 Å². The Hall–Kier alpha value is -3.27. The van der Waals surface area contributed by atoms with Gasteiger partial charge in [0, 0.05) is 36.7 Å². The maximum Gasteiger partial charge on any atom is 0.397 e. The van der Waals surface area contributed by atoms with E-state index in [1.807, 2.05) is 0 Å². The summed E-state index contributed by atoms with van der Waals surface area (Å²) in [7, 11) is 0. The number of pyridine rings is 1. The van der Waals surface area contributed by atoms with Gasteiger partial charge >= 0.3 is 6.18 Å². The van der Waals surface area contributed by atoms with E-state index in [-0.39, 0.29) is 35.5 Å². The highest BCUT2D eigenvalue weighted by molar-refractivity contribution is 6.31. The smallest absolute Gasteiger partial charge is 0.322 e. The van der Waals surface area contributed by atoms with Crippen LogP contribution in [0.4, 0.5) is 13.2 Å². The normalized spacial score (nSPS) is 19.3. The number of piperidine rings is 1. The first-order chi connectivity index (χ1) is 15.6. The molecule has 172 valence electrons. The lowest BCUT2D eigenvalue weighted by Crippen LogP contribution is -2.52. The zero-order valence-corrected chi connectivity index (χ0v) is 17.7. The fraction of sp³-hybridized carbons (Fsp3) is 0.318. The van der Waals surface area contributed by atoms with Crippen molar-refractivity contribution in [2.24, 2.45) is 0 Å². The topological polar surface area (TPSA) is 96.4 Å². The number of Topliss-reactive ketones (excluding diaryl/α,β-unsaturated/α-hetero) is 1. The van der Waals surface area contributed by atoms with Crippen molar-refractivity contribution in [3.8, 4) is 0 Å². The van der Waals surface area contributed by atoms with Gasteiger partial charge in [-0.2, -0.15) is 13.2 Å². The molecule has 0 radical (unpaired) electrons. The average Bonchev–Trinajstić information content (AvgIpc) is 3.07. The van der Waals surface area contributed by atoms with E-state index in [9.17, 15) is 32.3 Å². The van der Waals surface area contributed by atoms with Crippen LogP contribution in [0.25, 0.3) is 0 Å². The molecular formula is C22H17ClF3N3O4. The molecule has 0 saturated carbocycles. The number of amides is 3. The summed E-state index contributed by atoms with van der Waals surface area (Å²) in [5.74, 6) is -4.40. The van der Waals surface area contributed by atoms with Crippen LogP contribution in [-0.4, -0.2) is 45.6 Å². The SMILES string of the molecule is O=C1CC[C@H](N2Cc3cc(C(=O)C[C@H](c4ncccc4Cl)C(F)(F)F)ccc3C2=O)C(=O)N1. The Morgan fingerprint density at radius 2 is 2.00 bits per heavy atom. The number of carbonyl (C=O) groups excluding carboxylic acids is 4. The number of aromatic nitrogens is 1. The standard InChI is InChI=1S/C22H17ClF3N3O4/c23-15-2-1-7-27-19(15)14(22(24,25)26)9-17(30)11-3-4-13-12(8-11)10-29(21(13)33)16-5-6-18(31)28-20(16)32/h1-4,7-8,14,16H,5-6,9-10H2,(H,28,31,32)/t14-,16+/m1/s1. The van der Waals surface area contributed by atoms with Gasteiger partial charge in [-0.25, -0.2) is 0 Å². The first kappa shape index (κ1) is 22.9. The highest BCUT2D eigenvalue weighted by Gasteiger charge is 2.44. The second-order valence-corrected chi connectivity index (χ2v) is 8.27. The van der Waals surface area contributed by atoms with E-state index < -0.39 is 53.8 Å². The van der Waals surface area contributed by atoms with Crippen molar-refractivity contribution in [1.29, 1.82) is 0 Å². The van der Waals surface area contributed by atoms with Crippen LogP contribution in [0.3, 0.4) is 0 Å². The second-order valence-electron chi connectivity index (χ2n) is 7.86. The summed E-state index contributed by atoms with van der Waals surface area (Å²) >= 11 is 5.89. The number of benzene rings is 1. The van der Waals surface area contributed by atoms with Gasteiger partial charge in [-0.05, 0) is 36.2 Å². The number of fused-ring (bicyclic) bond motifs is 1. The highest BCUT2D eigenvalue weighted by atomic mass is 35.5. The van der Waals surface area contributed by atoms with Gasteiger partial charge in [0.15, 0.2) is 5.78 Å². The summed E-state index contributed by atoms with van der Waals surface area (Å²) in [5.41, 5.74) is 0.264. The number of carbonyl (C=O) groups is 4. The van der Waals surface area contributed by atoms with Crippen LogP contribution in [0, 0.1) is 0 Å². The van der Waals surface area contributed by atoms with Gasteiger partial charge in [0.25, 0.3) is 5.91 Å². The quantitative estimate of drug-likeness (QED) is 0.523. The zero-order valence-electron chi connectivity index (χ0n) is 17.0. The number of ketones is 1. The van der Waals surface area contributed by atoms with Gasteiger partial charge in [0.05, 0.1) is 10.7 Å². The number of imide groups is 1. The van der Waals surface area contributed by atoms with Crippen molar-refractivity contribution >= 4 is 35.1 Å². The number of alkyl halides is 3. The van der Waals surface area contributed by atoms with E-state index in [0.717, 1.165) is 0 Å². The van der Waals surface area contributed by atoms with Gasteiger partial charge in [0.1, 0.15) is 12.0 Å². The largest absolute Gasteiger partial charge is 0.397 e. The monoisotopic (exact) mass is 479 g/mol. The van der Waals surface area contributed by atoms with Crippen LogP contribution in [0.15, 0.2) is 36.5 Å². The molecule has 1 aromatic heterocycles. The van der Waals surface area contributed by atoms with Gasteiger partial charge in [-0.3, -0.25) is 29.5 Å². The summed E-state index contributed by atoms with van der Waals surface area (Å²) in [6, 6.07) is 5.87. The minimum atomic E-state index is -4.75. The van der Waals surface area contributed by atoms with E-state index in [1.54, 1.807) is 0 Å². The van der Waals surface area contributed by atoms with E-state index >= 15 is 0 Å². The van der Waals surface area contributed by atoms with E-state index in [4.69, 9.17) is 11.6 Å². The predicted octanol–water partition coefficient (Wildman–Crippen LogP) is 3.41. The van der Waals surface area contributed by atoms with Crippen LogP contribution in [0.2, 0.25) is 5.02 Å². The molecule has 3 amide bonds. The van der Waals surface area contributed by atoms with Crippen LogP contribution in [0.1, 0.15) is 57.2 Å². The van der Waals surface area contributed by atoms with Crippen LogP contribution in [0.5, 0.6) is 0 Å². The molecule has 1 fully saturated rings. The maximum atomic E-state index is 13.7. The maximum absolute atomic E-state index is 13.7. The molecule has 4 rings (SSSR count). The second kappa shape index (κ2) is 8.58. The third-order valence-corrected chi connectivity index (χ3v) is 6.07. The Morgan fingerprint density at radius 3 is 2.67 bits per heavy atom.